The minimum Gasteiger partial charge on any atom is -0.481 e. The van der Waals surface area contributed by atoms with Gasteiger partial charge in [-0.05, 0) is 5.56 Å². The summed E-state index contributed by atoms with van der Waals surface area (Å²) in [6.07, 6.45) is -0.726. The Hall–Kier alpha value is -1.96. The highest BCUT2D eigenvalue weighted by molar-refractivity contribution is 6.11. The number of esters is 1. The fourth-order valence-corrected chi connectivity index (χ4v) is 1.97. The van der Waals surface area contributed by atoms with E-state index in [0.29, 0.717) is 5.56 Å². The standard InChI is InChI=1S/C14H18N2O5.ClH/c1-21-13(20)14(16,8-9-5-3-2-4-6-9)12(19)10(15)7-11(17)18;/h2-6,10H,7-8,15-16H2,1H3,(H,17,18);1H/t10-,14+;/m0./s1. The summed E-state index contributed by atoms with van der Waals surface area (Å²) < 4.78 is 4.58. The lowest BCUT2D eigenvalue weighted by Gasteiger charge is -2.27. The van der Waals surface area contributed by atoms with Crippen molar-refractivity contribution in [2.24, 2.45) is 11.5 Å². The molecular formula is C14H19ClN2O5. The number of ether oxygens (including phenoxy) is 1. The van der Waals surface area contributed by atoms with Gasteiger partial charge in [0, 0.05) is 6.42 Å². The van der Waals surface area contributed by atoms with Crippen molar-refractivity contribution in [3.63, 3.8) is 0 Å². The minimum absolute atomic E-state index is 0. The maximum absolute atomic E-state index is 12.3. The summed E-state index contributed by atoms with van der Waals surface area (Å²) in [6, 6.07) is 7.25. The highest BCUT2D eigenvalue weighted by Crippen LogP contribution is 2.16. The first-order valence-corrected chi connectivity index (χ1v) is 6.24. The quantitative estimate of drug-likeness (QED) is 0.469. The molecular weight excluding hydrogens is 312 g/mol. The average Bonchev–Trinajstić information content (AvgIpc) is 2.45. The van der Waals surface area contributed by atoms with Gasteiger partial charge in [0.2, 0.25) is 0 Å². The van der Waals surface area contributed by atoms with Crippen molar-refractivity contribution in [1.29, 1.82) is 0 Å². The number of carbonyl (C=O) groups is 3. The van der Waals surface area contributed by atoms with Crippen LogP contribution < -0.4 is 11.5 Å². The molecule has 0 saturated carbocycles. The van der Waals surface area contributed by atoms with Crippen LogP contribution in [0.2, 0.25) is 0 Å². The van der Waals surface area contributed by atoms with E-state index in [1.165, 1.54) is 0 Å². The zero-order valence-corrected chi connectivity index (χ0v) is 12.8. The monoisotopic (exact) mass is 330 g/mol. The van der Waals surface area contributed by atoms with E-state index in [1.54, 1.807) is 30.3 Å². The Morgan fingerprint density at radius 3 is 2.27 bits per heavy atom. The number of Topliss-reactive ketones (excluding diaryl/α,β-unsaturated/α-hetero) is 1. The first kappa shape index (κ1) is 20.0. The second kappa shape index (κ2) is 8.47. The molecule has 0 aliphatic rings. The van der Waals surface area contributed by atoms with Gasteiger partial charge in [-0.2, -0.15) is 0 Å². The van der Waals surface area contributed by atoms with Crippen LogP contribution in [0.25, 0.3) is 0 Å². The first-order chi connectivity index (χ1) is 9.81. The van der Waals surface area contributed by atoms with Gasteiger partial charge >= 0.3 is 11.9 Å². The van der Waals surface area contributed by atoms with Gasteiger partial charge in [0.25, 0.3) is 0 Å². The fraction of sp³-hybridized carbons (Fsp3) is 0.357. The summed E-state index contributed by atoms with van der Waals surface area (Å²) in [5.74, 6) is -3.06. The summed E-state index contributed by atoms with van der Waals surface area (Å²) in [6.45, 7) is 0. The second-order valence-electron chi connectivity index (χ2n) is 4.69. The second-order valence-corrected chi connectivity index (χ2v) is 4.69. The third kappa shape index (κ3) is 4.80. The van der Waals surface area contributed by atoms with Crippen molar-refractivity contribution >= 4 is 30.1 Å². The first-order valence-electron chi connectivity index (χ1n) is 6.24. The molecule has 0 heterocycles. The Balaban J connectivity index is 0.00000441. The van der Waals surface area contributed by atoms with Crippen molar-refractivity contribution in [2.75, 3.05) is 7.11 Å². The molecule has 0 fully saturated rings. The van der Waals surface area contributed by atoms with Gasteiger partial charge in [-0.1, -0.05) is 30.3 Å². The third-order valence-electron chi connectivity index (χ3n) is 3.05. The van der Waals surface area contributed by atoms with Gasteiger partial charge in [-0.25, -0.2) is 4.79 Å². The van der Waals surface area contributed by atoms with Crippen molar-refractivity contribution in [3.8, 4) is 0 Å². The Kier molecular flexibility index (Phi) is 7.72. The van der Waals surface area contributed by atoms with Gasteiger partial charge in [-0.3, -0.25) is 9.59 Å². The summed E-state index contributed by atoms with van der Waals surface area (Å²) in [4.78, 5) is 34.8. The molecule has 122 valence electrons. The lowest BCUT2D eigenvalue weighted by Crippen LogP contribution is -2.62. The molecule has 0 aliphatic heterocycles. The Morgan fingerprint density at radius 1 is 1.27 bits per heavy atom. The number of rotatable bonds is 7. The van der Waals surface area contributed by atoms with Gasteiger partial charge in [-0.15, -0.1) is 12.4 Å². The van der Waals surface area contributed by atoms with Crippen LogP contribution in [-0.4, -0.2) is 41.5 Å². The lowest BCUT2D eigenvalue weighted by molar-refractivity contribution is -0.153. The molecule has 0 aromatic heterocycles. The number of halogens is 1. The van der Waals surface area contributed by atoms with E-state index < -0.39 is 35.7 Å². The van der Waals surface area contributed by atoms with Crippen LogP contribution in [0, 0.1) is 0 Å². The molecule has 8 heteroatoms. The predicted octanol–water partition coefficient (Wildman–Crippen LogP) is -0.107. The topological polar surface area (TPSA) is 133 Å². The molecule has 0 amide bonds. The number of ketones is 1. The molecule has 0 spiro atoms. The van der Waals surface area contributed by atoms with Crippen LogP contribution in [0.4, 0.5) is 0 Å². The number of hydrogen-bond donors (Lipinski definition) is 3. The largest absolute Gasteiger partial charge is 0.481 e. The summed E-state index contributed by atoms with van der Waals surface area (Å²) >= 11 is 0. The number of carboxylic acids is 1. The Bertz CT molecular complexity index is 537. The van der Waals surface area contributed by atoms with E-state index in [9.17, 15) is 14.4 Å². The normalized spacial score (nSPS) is 14.1. The van der Waals surface area contributed by atoms with Gasteiger partial charge in [0.1, 0.15) is 0 Å². The fourth-order valence-electron chi connectivity index (χ4n) is 1.97. The lowest BCUT2D eigenvalue weighted by atomic mass is 9.83. The van der Waals surface area contributed by atoms with E-state index in [0.717, 1.165) is 7.11 Å². The summed E-state index contributed by atoms with van der Waals surface area (Å²) in [7, 11) is 1.10. The molecule has 2 atom stereocenters. The predicted molar refractivity (Wildman–Crippen MR) is 81.6 cm³/mol. The van der Waals surface area contributed by atoms with Gasteiger partial charge in [0.15, 0.2) is 11.3 Å². The average molecular weight is 331 g/mol. The number of aliphatic carboxylic acids is 1. The van der Waals surface area contributed by atoms with Crippen LogP contribution >= 0.6 is 12.4 Å². The smallest absolute Gasteiger partial charge is 0.334 e. The van der Waals surface area contributed by atoms with E-state index in [2.05, 4.69) is 4.74 Å². The van der Waals surface area contributed by atoms with Gasteiger partial charge < -0.3 is 21.3 Å². The third-order valence-corrected chi connectivity index (χ3v) is 3.05. The highest BCUT2D eigenvalue weighted by Gasteiger charge is 2.45. The molecule has 7 nitrogen and oxygen atoms in total. The summed E-state index contributed by atoms with van der Waals surface area (Å²) in [5.41, 5.74) is 10.1. The zero-order chi connectivity index (χ0) is 16.0. The minimum atomic E-state index is -2.01. The number of carboxylic acid groups (broad SMARTS) is 1. The molecule has 0 unspecified atom stereocenters. The van der Waals surface area contributed by atoms with E-state index in [-0.39, 0.29) is 18.8 Å². The molecule has 1 rings (SSSR count). The van der Waals surface area contributed by atoms with Crippen LogP contribution in [0.5, 0.6) is 0 Å². The molecule has 1 aromatic carbocycles. The number of nitrogens with two attached hydrogens (primary N) is 2. The highest BCUT2D eigenvalue weighted by atomic mass is 35.5. The zero-order valence-electron chi connectivity index (χ0n) is 12.0. The van der Waals surface area contributed by atoms with E-state index >= 15 is 0 Å². The molecule has 1 aromatic rings. The maximum Gasteiger partial charge on any atom is 0.334 e. The Morgan fingerprint density at radius 2 is 1.82 bits per heavy atom. The molecule has 0 saturated heterocycles. The molecule has 5 N–H and O–H groups in total. The van der Waals surface area contributed by atoms with Crippen molar-refractivity contribution in [2.45, 2.75) is 24.4 Å². The van der Waals surface area contributed by atoms with E-state index in [1.807, 2.05) is 0 Å². The molecule has 0 bridgehead atoms. The van der Waals surface area contributed by atoms with Crippen LogP contribution in [0.15, 0.2) is 30.3 Å². The number of methoxy groups -OCH3 is 1. The number of hydrogen-bond acceptors (Lipinski definition) is 6. The van der Waals surface area contributed by atoms with Crippen LogP contribution in [0.1, 0.15) is 12.0 Å². The van der Waals surface area contributed by atoms with Crippen molar-refractivity contribution < 1.29 is 24.2 Å². The number of benzene rings is 1. The van der Waals surface area contributed by atoms with E-state index in [4.69, 9.17) is 16.6 Å². The van der Waals surface area contributed by atoms with Crippen LogP contribution in [0.3, 0.4) is 0 Å². The van der Waals surface area contributed by atoms with Gasteiger partial charge in [0.05, 0.1) is 19.6 Å². The Labute approximate surface area is 134 Å². The summed E-state index contributed by atoms with van der Waals surface area (Å²) in [5, 5.41) is 8.69. The maximum atomic E-state index is 12.3. The molecule has 22 heavy (non-hydrogen) atoms. The molecule has 0 aliphatic carbocycles. The number of carbonyl (C=O) groups excluding carboxylic acids is 2. The molecule has 0 radical (unpaired) electrons. The van der Waals surface area contributed by atoms with Crippen LogP contribution in [-0.2, 0) is 25.5 Å². The van der Waals surface area contributed by atoms with Crippen molar-refractivity contribution in [3.05, 3.63) is 35.9 Å². The van der Waals surface area contributed by atoms with Crippen molar-refractivity contribution in [1.82, 2.24) is 0 Å². The SMILES string of the molecule is COC(=O)[C@@](N)(Cc1ccccc1)C(=O)[C@@H](N)CC(=O)O.Cl.